The van der Waals surface area contributed by atoms with Crippen molar-refractivity contribution in [2.45, 2.75) is 6.04 Å². The lowest BCUT2D eigenvalue weighted by molar-refractivity contribution is -0.127. The highest BCUT2D eigenvalue weighted by molar-refractivity contribution is 5.91. The molecule has 2 rings (SSSR count). The van der Waals surface area contributed by atoms with Gasteiger partial charge in [0.25, 0.3) is 0 Å². The van der Waals surface area contributed by atoms with E-state index in [9.17, 15) is 18.7 Å². The number of rotatable bonds is 6. The number of aliphatic hydroxyl groups excluding tert-OH is 1. The fraction of sp³-hybridized carbons (Fsp3) is 0.211. The normalized spacial score (nSPS) is 12.2. The molecule has 132 valence electrons. The van der Waals surface area contributed by atoms with Gasteiger partial charge in [-0.1, -0.05) is 18.2 Å². The second kappa shape index (κ2) is 8.39. The van der Waals surface area contributed by atoms with Crippen LogP contribution in [0.25, 0.3) is 6.08 Å². The highest BCUT2D eigenvalue weighted by atomic mass is 19.1. The summed E-state index contributed by atoms with van der Waals surface area (Å²) < 4.78 is 31.8. The van der Waals surface area contributed by atoms with Crippen molar-refractivity contribution in [3.05, 3.63) is 71.3 Å². The molecule has 2 aromatic rings. The van der Waals surface area contributed by atoms with Crippen LogP contribution in [0.1, 0.15) is 17.2 Å². The van der Waals surface area contributed by atoms with Crippen molar-refractivity contribution >= 4 is 12.0 Å². The Morgan fingerprint density at radius 2 is 2.04 bits per heavy atom. The first-order valence-corrected chi connectivity index (χ1v) is 7.61. The van der Waals surface area contributed by atoms with Crippen molar-refractivity contribution in [1.29, 1.82) is 0 Å². The Morgan fingerprint density at radius 3 is 2.64 bits per heavy atom. The molecule has 1 unspecified atom stereocenters. The minimum absolute atomic E-state index is 0.118. The number of likely N-dealkylation sites (N-methyl/N-ethyl adjacent to an activating group) is 1. The first-order valence-electron chi connectivity index (χ1n) is 7.61. The zero-order valence-electron chi connectivity index (χ0n) is 13.9. The van der Waals surface area contributed by atoms with E-state index in [1.807, 2.05) is 0 Å². The van der Waals surface area contributed by atoms with Crippen LogP contribution in [0.2, 0.25) is 0 Å². The first-order chi connectivity index (χ1) is 12.0. The lowest BCUT2D eigenvalue weighted by atomic mass is 10.1. The molecule has 0 aliphatic heterocycles. The van der Waals surface area contributed by atoms with E-state index in [-0.39, 0.29) is 12.4 Å². The van der Waals surface area contributed by atoms with Gasteiger partial charge in [-0.25, -0.2) is 8.78 Å². The Bertz CT molecular complexity index is 777. The Balaban J connectivity index is 2.14. The molecule has 2 aromatic carbocycles. The van der Waals surface area contributed by atoms with E-state index < -0.39 is 23.6 Å². The van der Waals surface area contributed by atoms with E-state index in [0.717, 1.165) is 0 Å². The number of hydrogen-bond donors (Lipinski definition) is 1. The van der Waals surface area contributed by atoms with Gasteiger partial charge in [0.05, 0.1) is 19.8 Å². The molecule has 6 heteroatoms. The standard InChI is InChI=1S/C19H19F2NO3/c1-22(17(12-23)14-4-3-5-15(20)11-14)19(24)9-7-13-6-8-18(25-2)16(21)10-13/h3-11,17,23H,12H2,1-2H3. The van der Waals surface area contributed by atoms with Crippen LogP contribution in [0, 0.1) is 11.6 Å². The predicted molar refractivity (Wildman–Crippen MR) is 91.0 cm³/mol. The van der Waals surface area contributed by atoms with Gasteiger partial charge < -0.3 is 14.7 Å². The Hall–Kier alpha value is -2.73. The van der Waals surface area contributed by atoms with Crippen LogP contribution in [0.3, 0.4) is 0 Å². The number of methoxy groups -OCH3 is 1. The third kappa shape index (κ3) is 4.64. The van der Waals surface area contributed by atoms with E-state index in [2.05, 4.69) is 0 Å². The average molecular weight is 347 g/mol. The summed E-state index contributed by atoms with van der Waals surface area (Å²) in [5, 5.41) is 9.57. The van der Waals surface area contributed by atoms with Crippen LogP contribution in [0.15, 0.2) is 48.5 Å². The number of nitrogens with zero attached hydrogens (tertiary/aromatic N) is 1. The van der Waals surface area contributed by atoms with Crippen molar-refractivity contribution in [3.63, 3.8) is 0 Å². The van der Waals surface area contributed by atoms with Gasteiger partial charge in [0.1, 0.15) is 5.82 Å². The number of halogens is 2. The smallest absolute Gasteiger partial charge is 0.246 e. The molecule has 0 saturated heterocycles. The van der Waals surface area contributed by atoms with Crippen molar-refractivity contribution in [2.75, 3.05) is 20.8 Å². The van der Waals surface area contributed by atoms with Crippen LogP contribution in [0.5, 0.6) is 5.75 Å². The summed E-state index contributed by atoms with van der Waals surface area (Å²) in [6.45, 7) is -0.350. The lowest BCUT2D eigenvalue weighted by Crippen LogP contribution is -2.32. The van der Waals surface area contributed by atoms with Gasteiger partial charge in [-0.2, -0.15) is 0 Å². The minimum Gasteiger partial charge on any atom is -0.494 e. The van der Waals surface area contributed by atoms with Gasteiger partial charge in [0, 0.05) is 13.1 Å². The van der Waals surface area contributed by atoms with Crippen LogP contribution in [-0.4, -0.2) is 36.7 Å². The molecule has 0 heterocycles. The summed E-state index contributed by atoms with van der Waals surface area (Å²) in [5.74, 6) is -1.26. The Kier molecular flexibility index (Phi) is 6.25. The molecule has 25 heavy (non-hydrogen) atoms. The topological polar surface area (TPSA) is 49.8 Å². The highest BCUT2D eigenvalue weighted by Gasteiger charge is 2.19. The van der Waals surface area contributed by atoms with Crippen molar-refractivity contribution in [3.8, 4) is 5.75 Å². The Labute approximate surface area is 145 Å². The summed E-state index contributed by atoms with van der Waals surface area (Å²) >= 11 is 0. The zero-order chi connectivity index (χ0) is 18.4. The van der Waals surface area contributed by atoms with Gasteiger partial charge in [-0.15, -0.1) is 0 Å². The van der Waals surface area contributed by atoms with E-state index in [0.29, 0.717) is 11.1 Å². The molecule has 0 aliphatic rings. The third-order valence-electron chi connectivity index (χ3n) is 3.82. The van der Waals surface area contributed by atoms with Crippen molar-refractivity contribution in [2.24, 2.45) is 0 Å². The highest BCUT2D eigenvalue weighted by Crippen LogP contribution is 2.21. The number of carbonyl (C=O) groups excluding carboxylic acids is 1. The molecule has 0 radical (unpaired) electrons. The largest absolute Gasteiger partial charge is 0.494 e. The van der Waals surface area contributed by atoms with Crippen molar-refractivity contribution in [1.82, 2.24) is 4.90 Å². The maximum absolute atomic E-state index is 13.7. The number of ether oxygens (including phenoxy) is 1. The molecule has 4 nitrogen and oxygen atoms in total. The fourth-order valence-electron chi connectivity index (χ4n) is 2.39. The summed E-state index contributed by atoms with van der Waals surface area (Å²) in [4.78, 5) is 13.6. The molecular weight excluding hydrogens is 328 g/mol. The van der Waals surface area contributed by atoms with Gasteiger partial charge in [-0.3, -0.25) is 4.79 Å². The second-order valence-electron chi connectivity index (χ2n) is 5.43. The van der Waals surface area contributed by atoms with Gasteiger partial charge in [-0.05, 0) is 41.5 Å². The maximum atomic E-state index is 13.7. The minimum atomic E-state index is -0.680. The summed E-state index contributed by atoms with van der Waals surface area (Å²) in [7, 11) is 2.88. The molecule has 1 N–H and O–H groups in total. The van der Waals surface area contributed by atoms with Gasteiger partial charge >= 0.3 is 0 Å². The first kappa shape index (κ1) is 18.6. The number of carbonyl (C=O) groups is 1. The van der Waals surface area contributed by atoms with Gasteiger partial charge in [0.2, 0.25) is 5.91 Å². The number of aliphatic hydroxyl groups is 1. The summed E-state index contributed by atoms with van der Waals surface area (Å²) in [6, 6.07) is 9.36. The molecular formula is C19H19F2NO3. The van der Waals surface area contributed by atoms with E-state index >= 15 is 0 Å². The molecule has 0 saturated carbocycles. The maximum Gasteiger partial charge on any atom is 0.246 e. The van der Waals surface area contributed by atoms with E-state index in [1.165, 1.54) is 61.5 Å². The molecule has 0 fully saturated rings. The van der Waals surface area contributed by atoms with Crippen LogP contribution in [0.4, 0.5) is 8.78 Å². The van der Waals surface area contributed by atoms with E-state index in [1.54, 1.807) is 12.1 Å². The quantitative estimate of drug-likeness (QED) is 0.817. The molecule has 0 bridgehead atoms. The molecule has 0 spiro atoms. The van der Waals surface area contributed by atoms with Gasteiger partial charge in [0.15, 0.2) is 11.6 Å². The molecule has 0 aliphatic carbocycles. The van der Waals surface area contributed by atoms with Crippen LogP contribution >= 0.6 is 0 Å². The second-order valence-corrected chi connectivity index (χ2v) is 5.43. The number of amides is 1. The monoisotopic (exact) mass is 347 g/mol. The fourth-order valence-corrected chi connectivity index (χ4v) is 2.39. The molecule has 0 aromatic heterocycles. The third-order valence-corrected chi connectivity index (χ3v) is 3.82. The molecule has 1 amide bonds. The van der Waals surface area contributed by atoms with Crippen LogP contribution in [-0.2, 0) is 4.79 Å². The molecule has 1 atom stereocenters. The average Bonchev–Trinajstić information content (AvgIpc) is 2.60. The number of benzene rings is 2. The SMILES string of the molecule is COc1ccc(C=CC(=O)N(C)C(CO)c2cccc(F)c2)cc1F. The van der Waals surface area contributed by atoms with E-state index in [4.69, 9.17) is 4.74 Å². The predicted octanol–water partition coefficient (Wildman–Crippen LogP) is 3.18. The summed E-state index contributed by atoms with van der Waals surface area (Å²) in [6.07, 6.45) is 2.73. The van der Waals surface area contributed by atoms with Crippen LogP contribution < -0.4 is 4.74 Å². The zero-order valence-corrected chi connectivity index (χ0v) is 13.9. The lowest BCUT2D eigenvalue weighted by Gasteiger charge is -2.26. The van der Waals surface area contributed by atoms with Crippen molar-refractivity contribution < 1.29 is 23.4 Å². The Morgan fingerprint density at radius 1 is 1.28 bits per heavy atom. The number of hydrogen-bond acceptors (Lipinski definition) is 3. The summed E-state index contributed by atoms with van der Waals surface area (Å²) in [5.41, 5.74) is 0.980.